The Balaban J connectivity index is 2.78. The van der Waals surface area contributed by atoms with Crippen LogP contribution in [0.15, 0.2) is 12.3 Å². The molecule has 1 aromatic rings. The molecule has 0 atom stereocenters. The Labute approximate surface area is 88.7 Å². The summed E-state index contributed by atoms with van der Waals surface area (Å²) in [7, 11) is 0. The highest BCUT2D eigenvalue weighted by Gasteiger charge is 2.28. The molecule has 0 saturated heterocycles. The third kappa shape index (κ3) is 3.41. The van der Waals surface area contributed by atoms with Crippen LogP contribution in [0.5, 0.6) is 5.88 Å². The van der Waals surface area contributed by atoms with E-state index in [0.717, 1.165) is 12.3 Å². The zero-order valence-corrected chi connectivity index (χ0v) is 8.21. The molecule has 4 nitrogen and oxygen atoms in total. The van der Waals surface area contributed by atoms with Crippen LogP contribution in [-0.4, -0.2) is 28.8 Å². The van der Waals surface area contributed by atoms with Gasteiger partial charge >= 0.3 is 12.1 Å². The highest BCUT2D eigenvalue weighted by atomic mass is 19.4. The lowest BCUT2D eigenvalue weighted by Crippen LogP contribution is -2.19. The molecule has 1 heterocycles. The smallest absolute Gasteiger partial charge is 0.422 e. The van der Waals surface area contributed by atoms with Crippen molar-refractivity contribution in [2.75, 3.05) is 6.61 Å². The van der Waals surface area contributed by atoms with Gasteiger partial charge in [-0.1, -0.05) is 0 Å². The van der Waals surface area contributed by atoms with Gasteiger partial charge in [0, 0.05) is 12.3 Å². The highest BCUT2D eigenvalue weighted by Crippen LogP contribution is 2.18. The van der Waals surface area contributed by atoms with Crippen molar-refractivity contribution < 1.29 is 27.8 Å². The molecule has 16 heavy (non-hydrogen) atoms. The normalized spacial score (nSPS) is 11.2. The lowest BCUT2D eigenvalue weighted by molar-refractivity contribution is -0.154. The van der Waals surface area contributed by atoms with Gasteiger partial charge in [-0.15, -0.1) is 0 Å². The first-order valence-corrected chi connectivity index (χ1v) is 4.19. The van der Waals surface area contributed by atoms with E-state index in [1.807, 2.05) is 0 Å². The molecule has 1 aromatic heterocycles. The highest BCUT2D eigenvalue weighted by molar-refractivity contribution is 5.88. The fourth-order valence-electron chi connectivity index (χ4n) is 0.989. The van der Waals surface area contributed by atoms with Gasteiger partial charge in [0.2, 0.25) is 5.88 Å². The van der Waals surface area contributed by atoms with Gasteiger partial charge in [0.15, 0.2) is 6.61 Å². The molecule has 0 fully saturated rings. The van der Waals surface area contributed by atoms with E-state index in [1.165, 1.54) is 6.92 Å². The molecule has 0 saturated carbocycles. The van der Waals surface area contributed by atoms with Crippen LogP contribution in [0.25, 0.3) is 0 Å². The predicted molar refractivity (Wildman–Crippen MR) is 47.5 cm³/mol. The van der Waals surface area contributed by atoms with Crippen molar-refractivity contribution in [3.05, 3.63) is 23.4 Å². The molecule has 0 bridgehead atoms. The molecule has 0 aromatic carbocycles. The maximum absolute atomic E-state index is 11.8. The summed E-state index contributed by atoms with van der Waals surface area (Å²) in [4.78, 5) is 14.1. The number of carboxylic acid groups (broad SMARTS) is 1. The van der Waals surface area contributed by atoms with Crippen LogP contribution in [0.1, 0.15) is 15.9 Å². The number of pyridine rings is 1. The Morgan fingerprint density at radius 2 is 2.19 bits per heavy atom. The summed E-state index contributed by atoms with van der Waals surface area (Å²) >= 11 is 0. The Morgan fingerprint density at radius 3 is 2.62 bits per heavy atom. The van der Waals surface area contributed by atoms with Gasteiger partial charge in [0.05, 0.1) is 5.56 Å². The second kappa shape index (κ2) is 4.38. The average molecular weight is 235 g/mol. The number of hydrogen-bond acceptors (Lipinski definition) is 3. The molecule has 0 aliphatic rings. The van der Waals surface area contributed by atoms with Crippen LogP contribution in [0, 0.1) is 6.92 Å². The summed E-state index contributed by atoms with van der Waals surface area (Å²) in [6.45, 7) is -0.00254. The van der Waals surface area contributed by atoms with E-state index in [9.17, 15) is 18.0 Å². The van der Waals surface area contributed by atoms with Crippen LogP contribution in [0.4, 0.5) is 13.2 Å². The Bertz CT molecular complexity index is 403. The maximum atomic E-state index is 11.8. The van der Waals surface area contributed by atoms with Gasteiger partial charge in [-0.25, -0.2) is 9.78 Å². The number of aromatic carboxylic acids is 1. The van der Waals surface area contributed by atoms with Gasteiger partial charge in [-0.2, -0.15) is 13.2 Å². The lowest BCUT2D eigenvalue weighted by Gasteiger charge is -2.09. The molecule has 0 radical (unpaired) electrons. The number of carbonyl (C=O) groups is 1. The molecule has 1 N–H and O–H groups in total. The molecule has 0 unspecified atom stereocenters. The van der Waals surface area contributed by atoms with E-state index in [4.69, 9.17) is 5.11 Å². The SMILES string of the molecule is Cc1cc(OCC(F)(F)F)ncc1C(=O)O. The number of rotatable bonds is 3. The van der Waals surface area contributed by atoms with Crippen molar-refractivity contribution in [2.45, 2.75) is 13.1 Å². The van der Waals surface area contributed by atoms with Gasteiger partial charge in [0.1, 0.15) is 0 Å². The molecule has 0 aliphatic heterocycles. The van der Waals surface area contributed by atoms with Gasteiger partial charge in [-0.05, 0) is 12.5 Å². The standard InChI is InChI=1S/C9H8F3NO3/c1-5-2-7(16-4-9(10,11)12)13-3-6(5)8(14)15/h2-3H,4H2,1H3,(H,14,15). The zero-order valence-electron chi connectivity index (χ0n) is 8.21. The quantitative estimate of drug-likeness (QED) is 0.870. The number of aromatic nitrogens is 1. The van der Waals surface area contributed by atoms with Crippen molar-refractivity contribution in [3.8, 4) is 5.88 Å². The molecule has 0 aliphatic carbocycles. The molecular weight excluding hydrogens is 227 g/mol. The van der Waals surface area contributed by atoms with Crippen LogP contribution in [0.2, 0.25) is 0 Å². The Kier molecular flexibility index (Phi) is 3.36. The predicted octanol–water partition coefficient (Wildman–Crippen LogP) is 2.03. The maximum Gasteiger partial charge on any atom is 0.422 e. The van der Waals surface area contributed by atoms with E-state index in [1.54, 1.807) is 0 Å². The fraction of sp³-hybridized carbons (Fsp3) is 0.333. The van der Waals surface area contributed by atoms with Gasteiger partial charge in [0.25, 0.3) is 0 Å². The number of alkyl halides is 3. The first-order valence-electron chi connectivity index (χ1n) is 4.19. The summed E-state index contributed by atoms with van der Waals surface area (Å²) in [5, 5.41) is 8.65. The first kappa shape index (κ1) is 12.3. The van der Waals surface area contributed by atoms with Crippen molar-refractivity contribution in [2.24, 2.45) is 0 Å². The fourth-order valence-corrected chi connectivity index (χ4v) is 0.989. The molecule has 88 valence electrons. The zero-order chi connectivity index (χ0) is 12.3. The molecule has 0 amide bonds. The second-order valence-corrected chi connectivity index (χ2v) is 3.05. The number of halogens is 3. The van der Waals surface area contributed by atoms with Crippen LogP contribution in [0.3, 0.4) is 0 Å². The molecule has 7 heteroatoms. The van der Waals surface area contributed by atoms with E-state index in [-0.39, 0.29) is 11.4 Å². The molecule has 0 spiro atoms. The van der Waals surface area contributed by atoms with Crippen molar-refractivity contribution in [1.29, 1.82) is 0 Å². The largest absolute Gasteiger partial charge is 0.478 e. The molecular formula is C9H8F3NO3. The summed E-state index contributed by atoms with van der Waals surface area (Å²) in [5.41, 5.74) is 0.221. The van der Waals surface area contributed by atoms with E-state index in [0.29, 0.717) is 5.56 Å². The number of nitrogens with zero attached hydrogens (tertiary/aromatic N) is 1. The minimum absolute atomic E-state index is 0.0700. The van der Waals surface area contributed by atoms with Crippen LogP contribution in [-0.2, 0) is 0 Å². The van der Waals surface area contributed by atoms with Crippen LogP contribution < -0.4 is 4.74 Å². The lowest BCUT2D eigenvalue weighted by atomic mass is 10.2. The first-order chi connectivity index (χ1) is 7.29. The number of aryl methyl sites for hydroxylation is 1. The second-order valence-electron chi connectivity index (χ2n) is 3.05. The summed E-state index contributed by atoms with van der Waals surface area (Å²) in [6.07, 6.45) is -3.48. The topological polar surface area (TPSA) is 59.4 Å². The minimum Gasteiger partial charge on any atom is -0.478 e. The summed E-state index contributed by atoms with van der Waals surface area (Å²) in [5.74, 6) is -1.44. The Hall–Kier alpha value is -1.79. The number of carboxylic acids is 1. The summed E-state index contributed by atoms with van der Waals surface area (Å²) < 4.78 is 39.8. The van der Waals surface area contributed by atoms with Crippen molar-refractivity contribution in [3.63, 3.8) is 0 Å². The van der Waals surface area contributed by atoms with E-state index in [2.05, 4.69) is 9.72 Å². The van der Waals surface area contributed by atoms with Crippen molar-refractivity contribution >= 4 is 5.97 Å². The average Bonchev–Trinajstić information content (AvgIpc) is 2.13. The third-order valence-electron chi connectivity index (χ3n) is 1.70. The monoisotopic (exact) mass is 235 g/mol. The van der Waals surface area contributed by atoms with Crippen LogP contribution >= 0.6 is 0 Å². The van der Waals surface area contributed by atoms with Gasteiger partial charge < -0.3 is 9.84 Å². The van der Waals surface area contributed by atoms with E-state index < -0.39 is 18.8 Å². The van der Waals surface area contributed by atoms with Gasteiger partial charge in [-0.3, -0.25) is 0 Å². The summed E-state index contributed by atoms with van der Waals surface area (Å²) in [6, 6.07) is 1.15. The third-order valence-corrected chi connectivity index (χ3v) is 1.70. The molecule has 1 rings (SSSR count). The number of hydrogen-bond donors (Lipinski definition) is 1. The van der Waals surface area contributed by atoms with E-state index >= 15 is 0 Å². The number of ether oxygens (including phenoxy) is 1. The Morgan fingerprint density at radius 1 is 1.56 bits per heavy atom. The minimum atomic E-state index is -4.44. The van der Waals surface area contributed by atoms with Crippen molar-refractivity contribution in [1.82, 2.24) is 4.98 Å².